The summed E-state index contributed by atoms with van der Waals surface area (Å²) in [6.07, 6.45) is 2.98. The highest BCUT2D eigenvalue weighted by Gasteiger charge is 2.28. The van der Waals surface area contributed by atoms with Crippen LogP contribution in [0.1, 0.15) is 49.7 Å². The predicted octanol–water partition coefficient (Wildman–Crippen LogP) is 2.62. The van der Waals surface area contributed by atoms with Gasteiger partial charge in [-0.05, 0) is 19.3 Å². The molecular formula is C12H20N2OS. The lowest BCUT2D eigenvalue weighted by atomic mass is 9.95. The number of nitrogens with two attached hydrogens (primary N) is 1. The Balaban J connectivity index is 2.17. The minimum Gasteiger partial charge on any atom is -0.381 e. The highest BCUT2D eigenvalue weighted by Crippen LogP contribution is 2.32. The summed E-state index contributed by atoms with van der Waals surface area (Å²) < 4.78 is 5.39. The molecule has 16 heavy (non-hydrogen) atoms. The Hall–Kier alpha value is -0.450. The SMILES string of the molecule is CCC(N)(CC)c1nc(C2CCOC2)cs1. The van der Waals surface area contributed by atoms with E-state index in [1.54, 1.807) is 11.3 Å². The molecule has 1 atom stereocenters. The second-order valence-electron chi connectivity index (χ2n) is 4.50. The highest BCUT2D eigenvalue weighted by atomic mass is 32.1. The molecule has 0 spiro atoms. The zero-order chi connectivity index (χ0) is 11.6. The van der Waals surface area contributed by atoms with E-state index < -0.39 is 0 Å². The Morgan fingerprint density at radius 2 is 2.31 bits per heavy atom. The quantitative estimate of drug-likeness (QED) is 0.880. The monoisotopic (exact) mass is 240 g/mol. The summed E-state index contributed by atoms with van der Waals surface area (Å²) in [5.74, 6) is 0.489. The molecule has 2 heterocycles. The van der Waals surface area contributed by atoms with Gasteiger partial charge in [0.1, 0.15) is 5.01 Å². The fourth-order valence-corrected chi connectivity index (χ4v) is 3.18. The first-order chi connectivity index (χ1) is 7.69. The first-order valence-electron chi connectivity index (χ1n) is 6.02. The summed E-state index contributed by atoms with van der Waals surface area (Å²) in [6, 6.07) is 0. The molecule has 0 aliphatic carbocycles. The fourth-order valence-electron chi connectivity index (χ4n) is 2.02. The van der Waals surface area contributed by atoms with Gasteiger partial charge in [0.15, 0.2) is 0 Å². The summed E-state index contributed by atoms with van der Waals surface area (Å²) in [7, 11) is 0. The molecule has 0 aromatic carbocycles. The molecule has 1 aromatic rings. The molecule has 4 heteroatoms. The van der Waals surface area contributed by atoms with Crippen molar-refractivity contribution in [3.05, 3.63) is 16.1 Å². The minimum atomic E-state index is -0.234. The smallest absolute Gasteiger partial charge is 0.113 e. The van der Waals surface area contributed by atoms with Crippen LogP contribution in [-0.4, -0.2) is 18.2 Å². The summed E-state index contributed by atoms with van der Waals surface area (Å²) in [6.45, 7) is 5.94. The van der Waals surface area contributed by atoms with Crippen LogP contribution in [0.2, 0.25) is 0 Å². The lowest BCUT2D eigenvalue weighted by Crippen LogP contribution is -2.35. The molecule has 0 bridgehead atoms. The lowest BCUT2D eigenvalue weighted by molar-refractivity contribution is 0.193. The van der Waals surface area contributed by atoms with Crippen LogP contribution in [0, 0.1) is 0 Å². The zero-order valence-corrected chi connectivity index (χ0v) is 10.8. The van der Waals surface area contributed by atoms with Crippen molar-refractivity contribution in [3.63, 3.8) is 0 Å². The average molecular weight is 240 g/mol. The molecule has 90 valence electrons. The zero-order valence-electron chi connectivity index (χ0n) is 10.0. The van der Waals surface area contributed by atoms with Crippen molar-refractivity contribution < 1.29 is 4.74 Å². The van der Waals surface area contributed by atoms with Gasteiger partial charge in [0.2, 0.25) is 0 Å². The van der Waals surface area contributed by atoms with Crippen LogP contribution < -0.4 is 5.73 Å². The van der Waals surface area contributed by atoms with E-state index in [1.165, 1.54) is 5.69 Å². The van der Waals surface area contributed by atoms with Crippen LogP contribution in [0.5, 0.6) is 0 Å². The van der Waals surface area contributed by atoms with Gasteiger partial charge in [0.25, 0.3) is 0 Å². The molecule has 2 rings (SSSR count). The topological polar surface area (TPSA) is 48.1 Å². The second kappa shape index (κ2) is 4.82. The van der Waals surface area contributed by atoms with Crippen LogP contribution in [0.3, 0.4) is 0 Å². The third kappa shape index (κ3) is 2.14. The van der Waals surface area contributed by atoms with Crippen LogP contribution in [0.25, 0.3) is 0 Å². The maximum atomic E-state index is 6.35. The number of thiazole rings is 1. The molecule has 1 fully saturated rings. The number of ether oxygens (including phenoxy) is 1. The summed E-state index contributed by atoms with van der Waals surface area (Å²) in [4.78, 5) is 4.72. The molecule has 1 saturated heterocycles. The van der Waals surface area contributed by atoms with E-state index in [4.69, 9.17) is 15.5 Å². The van der Waals surface area contributed by atoms with Crippen molar-refractivity contribution >= 4 is 11.3 Å². The molecule has 1 aromatic heterocycles. The Morgan fingerprint density at radius 1 is 1.56 bits per heavy atom. The molecule has 1 aliphatic rings. The number of hydrogen-bond donors (Lipinski definition) is 1. The number of hydrogen-bond acceptors (Lipinski definition) is 4. The third-order valence-electron chi connectivity index (χ3n) is 3.56. The first kappa shape index (κ1) is 12.0. The van der Waals surface area contributed by atoms with Gasteiger partial charge < -0.3 is 10.5 Å². The van der Waals surface area contributed by atoms with Crippen molar-refractivity contribution in [2.75, 3.05) is 13.2 Å². The van der Waals surface area contributed by atoms with Crippen molar-refractivity contribution in [1.29, 1.82) is 0 Å². The van der Waals surface area contributed by atoms with Gasteiger partial charge in [0.05, 0.1) is 17.8 Å². The maximum absolute atomic E-state index is 6.35. The molecular weight excluding hydrogens is 220 g/mol. The number of rotatable bonds is 4. The molecule has 0 radical (unpaired) electrons. The molecule has 0 amide bonds. The van der Waals surface area contributed by atoms with Gasteiger partial charge in [-0.1, -0.05) is 13.8 Å². The summed E-state index contributed by atoms with van der Waals surface area (Å²) >= 11 is 1.70. The van der Waals surface area contributed by atoms with E-state index >= 15 is 0 Å². The van der Waals surface area contributed by atoms with Gasteiger partial charge in [0, 0.05) is 17.9 Å². The van der Waals surface area contributed by atoms with Crippen molar-refractivity contribution in [2.24, 2.45) is 5.73 Å². The summed E-state index contributed by atoms with van der Waals surface area (Å²) in [5.41, 5.74) is 7.29. The van der Waals surface area contributed by atoms with Crippen LogP contribution >= 0.6 is 11.3 Å². The van der Waals surface area contributed by atoms with E-state index in [-0.39, 0.29) is 5.54 Å². The Labute approximate surface area is 101 Å². The largest absolute Gasteiger partial charge is 0.381 e. The van der Waals surface area contributed by atoms with E-state index in [2.05, 4.69) is 19.2 Å². The van der Waals surface area contributed by atoms with Crippen LogP contribution in [-0.2, 0) is 10.3 Å². The molecule has 2 N–H and O–H groups in total. The minimum absolute atomic E-state index is 0.234. The lowest BCUT2D eigenvalue weighted by Gasteiger charge is -2.23. The van der Waals surface area contributed by atoms with Gasteiger partial charge >= 0.3 is 0 Å². The molecule has 1 unspecified atom stereocenters. The van der Waals surface area contributed by atoms with Gasteiger partial charge in [-0.25, -0.2) is 4.98 Å². The van der Waals surface area contributed by atoms with Gasteiger partial charge in [-0.15, -0.1) is 11.3 Å². The molecule has 1 aliphatic heterocycles. The summed E-state index contributed by atoms with van der Waals surface area (Å²) in [5, 5.41) is 3.24. The Kier molecular flexibility index (Phi) is 3.62. The van der Waals surface area contributed by atoms with E-state index in [9.17, 15) is 0 Å². The van der Waals surface area contributed by atoms with E-state index in [1.807, 2.05) is 0 Å². The van der Waals surface area contributed by atoms with Crippen molar-refractivity contribution in [3.8, 4) is 0 Å². The van der Waals surface area contributed by atoms with Crippen LogP contribution in [0.15, 0.2) is 5.38 Å². The first-order valence-corrected chi connectivity index (χ1v) is 6.90. The Morgan fingerprint density at radius 3 is 2.88 bits per heavy atom. The van der Waals surface area contributed by atoms with Crippen LogP contribution in [0.4, 0.5) is 0 Å². The normalized spacial score (nSPS) is 21.6. The van der Waals surface area contributed by atoms with Gasteiger partial charge in [-0.3, -0.25) is 0 Å². The maximum Gasteiger partial charge on any atom is 0.113 e. The second-order valence-corrected chi connectivity index (χ2v) is 5.36. The third-order valence-corrected chi connectivity index (χ3v) is 4.64. The molecule has 0 saturated carbocycles. The number of nitrogens with zero attached hydrogens (tertiary/aromatic N) is 1. The van der Waals surface area contributed by atoms with E-state index in [0.29, 0.717) is 5.92 Å². The van der Waals surface area contributed by atoms with Crippen molar-refractivity contribution in [1.82, 2.24) is 4.98 Å². The predicted molar refractivity (Wildman–Crippen MR) is 66.7 cm³/mol. The molecule has 3 nitrogen and oxygen atoms in total. The Bertz CT molecular complexity index is 341. The van der Waals surface area contributed by atoms with Crippen molar-refractivity contribution in [2.45, 2.75) is 44.6 Å². The van der Waals surface area contributed by atoms with E-state index in [0.717, 1.165) is 37.5 Å². The van der Waals surface area contributed by atoms with Gasteiger partial charge in [-0.2, -0.15) is 0 Å². The average Bonchev–Trinajstić information content (AvgIpc) is 2.97. The fraction of sp³-hybridized carbons (Fsp3) is 0.750. The highest BCUT2D eigenvalue weighted by molar-refractivity contribution is 7.09. The number of aromatic nitrogens is 1. The standard InChI is InChI=1S/C12H20N2OS/c1-3-12(13,4-2)11-14-10(8-16-11)9-5-6-15-7-9/h8-9H,3-7,13H2,1-2H3.